The zero-order valence-electron chi connectivity index (χ0n) is 12.8. The van der Waals surface area contributed by atoms with E-state index in [2.05, 4.69) is 34.3 Å². The van der Waals surface area contributed by atoms with Crippen molar-refractivity contribution in [3.05, 3.63) is 40.9 Å². The van der Waals surface area contributed by atoms with Gasteiger partial charge in [0, 0.05) is 17.9 Å². The van der Waals surface area contributed by atoms with Gasteiger partial charge in [-0.25, -0.2) is 0 Å². The second-order valence-electron chi connectivity index (χ2n) is 5.57. The van der Waals surface area contributed by atoms with Gasteiger partial charge in [-0.2, -0.15) is 0 Å². The van der Waals surface area contributed by atoms with E-state index in [9.17, 15) is 4.79 Å². The van der Waals surface area contributed by atoms with Crippen molar-refractivity contribution in [2.45, 2.75) is 32.6 Å². The Morgan fingerprint density at radius 2 is 2.18 bits per heavy atom. The summed E-state index contributed by atoms with van der Waals surface area (Å²) in [6, 6.07) is 8.18. The molecule has 2 aliphatic heterocycles. The molecular weight excluding hydrogens is 294 g/mol. The highest BCUT2D eigenvalue weighted by atomic mass is 32.2. The number of amides is 1. The van der Waals surface area contributed by atoms with Crippen LogP contribution >= 0.6 is 11.8 Å². The van der Waals surface area contributed by atoms with Crippen molar-refractivity contribution in [1.29, 1.82) is 0 Å². The summed E-state index contributed by atoms with van der Waals surface area (Å²) in [5.41, 5.74) is 3.25. The molecule has 0 bridgehead atoms. The molecule has 2 heterocycles. The maximum absolute atomic E-state index is 12.2. The van der Waals surface area contributed by atoms with E-state index < -0.39 is 0 Å². The number of carbonyl (C=O) groups excluding carboxylic acids is 1. The average Bonchev–Trinajstić information content (AvgIpc) is 3.12. The minimum absolute atomic E-state index is 0.0290. The van der Waals surface area contributed by atoms with Crippen molar-refractivity contribution in [3.63, 3.8) is 0 Å². The number of nitrogens with zero attached hydrogens (tertiary/aromatic N) is 2. The number of aliphatic imine (C=N–C) groups is 1. The Bertz CT molecular complexity index is 607. The smallest absolute Gasteiger partial charge is 0.230 e. The molecule has 0 aliphatic carbocycles. The van der Waals surface area contributed by atoms with Crippen LogP contribution in [-0.4, -0.2) is 29.1 Å². The van der Waals surface area contributed by atoms with E-state index >= 15 is 0 Å². The van der Waals surface area contributed by atoms with E-state index in [1.165, 1.54) is 18.4 Å². The lowest BCUT2D eigenvalue weighted by molar-refractivity contribution is -0.115. The summed E-state index contributed by atoms with van der Waals surface area (Å²) < 4.78 is 0. The zero-order valence-corrected chi connectivity index (χ0v) is 13.7. The molecule has 1 aromatic carbocycles. The summed E-state index contributed by atoms with van der Waals surface area (Å²) >= 11 is 1.61. The third-order valence-electron chi connectivity index (χ3n) is 3.85. The number of thioether (sulfide) groups is 1. The first-order valence-electron chi connectivity index (χ1n) is 7.83. The number of fused-ring (bicyclic) bond motifs is 1. The van der Waals surface area contributed by atoms with E-state index in [0.717, 1.165) is 36.1 Å². The Hall–Kier alpha value is -1.75. The minimum atomic E-state index is 0.0290. The van der Waals surface area contributed by atoms with Crippen molar-refractivity contribution in [1.82, 2.24) is 4.90 Å². The topological polar surface area (TPSA) is 44.7 Å². The number of aryl methyl sites for hydroxylation is 1. The Labute approximate surface area is 135 Å². The quantitative estimate of drug-likeness (QED) is 0.872. The second-order valence-corrected chi connectivity index (χ2v) is 6.40. The van der Waals surface area contributed by atoms with E-state index in [1.54, 1.807) is 11.8 Å². The van der Waals surface area contributed by atoms with E-state index in [1.807, 2.05) is 17.5 Å². The maximum Gasteiger partial charge on any atom is 0.230 e. The number of unbranched alkanes of at least 4 members (excludes halogenated alkanes) is 1. The highest BCUT2D eigenvalue weighted by molar-refractivity contribution is 8.16. The number of benzene rings is 1. The molecule has 4 nitrogen and oxygen atoms in total. The molecule has 1 N–H and O–H groups in total. The SMILES string of the molecule is CCCCc1ccc(NC(=O)CC2=CSC3=NCCN23)cc1. The molecule has 116 valence electrons. The molecule has 1 aromatic rings. The summed E-state index contributed by atoms with van der Waals surface area (Å²) in [6.45, 7) is 3.93. The first-order chi connectivity index (χ1) is 10.8. The summed E-state index contributed by atoms with van der Waals surface area (Å²) in [5.74, 6) is 0.0290. The molecule has 22 heavy (non-hydrogen) atoms. The average molecular weight is 315 g/mol. The molecule has 5 heteroatoms. The normalized spacial score (nSPS) is 16.3. The molecule has 1 amide bonds. The predicted molar refractivity (Wildman–Crippen MR) is 93.0 cm³/mol. The zero-order chi connectivity index (χ0) is 15.4. The number of amidine groups is 1. The standard InChI is InChI=1S/C17H21N3OS/c1-2-3-4-13-5-7-14(8-6-13)19-16(21)11-15-12-22-17-18-9-10-20(15)17/h5-8,12H,2-4,9-11H2,1H3,(H,19,21). The van der Waals surface area contributed by atoms with Crippen LogP contribution < -0.4 is 5.32 Å². The fourth-order valence-corrected chi connectivity index (χ4v) is 3.57. The van der Waals surface area contributed by atoms with Crippen LogP contribution in [0.3, 0.4) is 0 Å². The maximum atomic E-state index is 12.2. The first kappa shape index (κ1) is 15.2. The summed E-state index contributed by atoms with van der Waals surface area (Å²) in [7, 11) is 0. The molecule has 0 saturated heterocycles. The summed E-state index contributed by atoms with van der Waals surface area (Å²) in [5, 5.41) is 6.04. The van der Waals surface area contributed by atoms with E-state index in [0.29, 0.717) is 6.42 Å². The van der Waals surface area contributed by atoms with E-state index in [4.69, 9.17) is 0 Å². The molecule has 0 spiro atoms. The molecule has 3 rings (SSSR count). The fourth-order valence-electron chi connectivity index (χ4n) is 2.62. The number of hydrogen-bond acceptors (Lipinski definition) is 4. The first-order valence-corrected chi connectivity index (χ1v) is 8.70. The Kier molecular flexibility index (Phi) is 4.83. The third-order valence-corrected chi connectivity index (χ3v) is 4.80. The summed E-state index contributed by atoms with van der Waals surface area (Å²) in [4.78, 5) is 18.7. The van der Waals surface area contributed by atoms with Crippen LogP contribution in [0.2, 0.25) is 0 Å². The fraction of sp³-hybridized carbons (Fsp3) is 0.412. The summed E-state index contributed by atoms with van der Waals surface area (Å²) in [6.07, 6.45) is 3.92. The molecule has 0 radical (unpaired) electrons. The molecule has 2 aliphatic rings. The molecule has 0 aromatic heterocycles. The Morgan fingerprint density at radius 1 is 1.36 bits per heavy atom. The molecule has 0 saturated carbocycles. The van der Waals surface area contributed by atoms with Gasteiger partial charge in [-0.1, -0.05) is 37.2 Å². The highest BCUT2D eigenvalue weighted by Gasteiger charge is 2.27. The number of nitrogens with one attached hydrogen (secondary N) is 1. The predicted octanol–water partition coefficient (Wildman–Crippen LogP) is 3.62. The second kappa shape index (κ2) is 7.01. The van der Waals surface area contributed by atoms with Gasteiger partial charge in [0.2, 0.25) is 5.91 Å². The third kappa shape index (κ3) is 3.53. The van der Waals surface area contributed by atoms with Crippen LogP contribution in [-0.2, 0) is 11.2 Å². The van der Waals surface area contributed by atoms with Crippen molar-refractivity contribution in [3.8, 4) is 0 Å². The van der Waals surface area contributed by atoms with Crippen LogP contribution in [0, 0.1) is 0 Å². The van der Waals surface area contributed by atoms with Gasteiger partial charge < -0.3 is 10.2 Å². The van der Waals surface area contributed by atoms with Crippen LogP contribution in [0.5, 0.6) is 0 Å². The van der Waals surface area contributed by atoms with Crippen LogP contribution in [0.4, 0.5) is 5.69 Å². The lowest BCUT2D eigenvalue weighted by Crippen LogP contribution is -2.24. The van der Waals surface area contributed by atoms with Crippen molar-refractivity contribution >= 4 is 28.5 Å². The molecular formula is C17H21N3OS. The number of anilines is 1. The van der Waals surface area contributed by atoms with Crippen molar-refractivity contribution in [2.75, 3.05) is 18.4 Å². The van der Waals surface area contributed by atoms with Gasteiger partial charge in [0.15, 0.2) is 5.17 Å². The number of carbonyl (C=O) groups is 1. The van der Waals surface area contributed by atoms with Crippen molar-refractivity contribution in [2.24, 2.45) is 4.99 Å². The lowest BCUT2D eigenvalue weighted by atomic mass is 10.1. The molecule has 0 atom stereocenters. The van der Waals surface area contributed by atoms with Crippen LogP contribution in [0.25, 0.3) is 0 Å². The van der Waals surface area contributed by atoms with Crippen LogP contribution in [0.15, 0.2) is 40.4 Å². The Morgan fingerprint density at radius 3 is 2.95 bits per heavy atom. The van der Waals surface area contributed by atoms with Gasteiger partial charge in [-0.05, 0) is 35.9 Å². The van der Waals surface area contributed by atoms with E-state index in [-0.39, 0.29) is 5.91 Å². The number of hydrogen-bond donors (Lipinski definition) is 1. The lowest BCUT2D eigenvalue weighted by Gasteiger charge is -2.16. The largest absolute Gasteiger partial charge is 0.326 e. The van der Waals surface area contributed by atoms with Crippen LogP contribution in [0.1, 0.15) is 31.7 Å². The van der Waals surface area contributed by atoms with Gasteiger partial charge in [0.1, 0.15) is 0 Å². The highest BCUT2D eigenvalue weighted by Crippen LogP contribution is 2.30. The van der Waals surface area contributed by atoms with Gasteiger partial charge in [0.05, 0.1) is 13.0 Å². The molecule has 0 unspecified atom stereocenters. The molecule has 0 fully saturated rings. The van der Waals surface area contributed by atoms with Crippen molar-refractivity contribution < 1.29 is 4.79 Å². The Balaban J connectivity index is 1.52. The minimum Gasteiger partial charge on any atom is -0.326 e. The van der Waals surface area contributed by atoms with Gasteiger partial charge >= 0.3 is 0 Å². The van der Waals surface area contributed by atoms with Gasteiger partial charge in [-0.3, -0.25) is 9.79 Å². The number of rotatable bonds is 6. The van der Waals surface area contributed by atoms with Gasteiger partial charge in [-0.15, -0.1) is 0 Å². The monoisotopic (exact) mass is 315 g/mol. The van der Waals surface area contributed by atoms with Gasteiger partial charge in [0.25, 0.3) is 0 Å².